The minimum atomic E-state index is -0.789. The van der Waals surface area contributed by atoms with Gasteiger partial charge < -0.3 is 11.1 Å². The van der Waals surface area contributed by atoms with Crippen LogP contribution >= 0.6 is 12.4 Å². The Labute approximate surface area is 165 Å². The number of carbonyl (C=O) groups is 1. The van der Waals surface area contributed by atoms with Crippen LogP contribution in [0.5, 0.6) is 0 Å². The lowest BCUT2D eigenvalue weighted by molar-refractivity contribution is -0.126. The zero-order valence-electron chi connectivity index (χ0n) is 16.6. The van der Waals surface area contributed by atoms with Crippen molar-refractivity contribution in [3.05, 3.63) is 35.4 Å². The molecule has 1 aliphatic carbocycles. The Morgan fingerprint density at radius 1 is 1.23 bits per heavy atom. The molecule has 1 amide bonds. The van der Waals surface area contributed by atoms with E-state index in [0.29, 0.717) is 19.0 Å². The molecule has 1 aliphatic rings. The van der Waals surface area contributed by atoms with E-state index in [9.17, 15) is 4.79 Å². The molecule has 0 radical (unpaired) electrons. The number of rotatable bonds is 8. The van der Waals surface area contributed by atoms with E-state index in [1.807, 2.05) is 13.0 Å². The number of halogens is 1. The Hall–Kier alpha value is -1.10. The summed E-state index contributed by atoms with van der Waals surface area (Å²) < 4.78 is 0. The van der Waals surface area contributed by atoms with E-state index in [2.05, 4.69) is 42.4 Å². The number of nitrogens with two attached hydrogens (primary N) is 1. The van der Waals surface area contributed by atoms with Crippen molar-refractivity contribution in [2.24, 2.45) is 5.73 Å². The molecule has 3 N–H and O–H groups in total. The van der Waals surface area contributed by atoms with Gasteiger partial charge in [-0.3, -0.25) is 9.69 Å². The van der Waals surface area contributed by atoms with Gasteiger partial charge in [0.25, 0.3) is 0 Å². The normalized spacial score (nSPS) is 17.4. The van der Waals surface area contributed by atoms with Crippen molar-refractivity contribution in [1.29, 1.82) is 0 Å². The molecule has 1 saturated carbocycles. The third-order valence-corrected chi connectivity index (χ3v) is 5.46. The van der Waals surface area contributed by atoms with Crippen molar-refractivity contribution < 1.29 is 4.79 Å². The highest BCUT2D eigenvalue weighted by atomic mass is 35.5. The molecule has 0 aliphatic heterocycles. The summed E-state index contributed by atoms with van der Waals surface area (Å²) in [6.45, 7) is 5.35. The summed E-state index contributed by atoms with van der Waals surface area (Å²) in [6, 6.07) is 9.10. The van der Waals surface area contributed by atoms with Gasteiger partial charge in [0.2, 0.25) is 5.91 Å². The molecule has 0 aromatic heterocycles. The standard InChI is InChI=1S/C21H35N3O.ClH/c1-4-14-21(2,22)20(25)23-15-17-10-8-9-11-18(17)16-24(3)19-12-6-5-7-13-19;/h8-11,19H,4-7,12-16,22H2,1-3H3,(H,23,25);1H. The molecular formula is C21H36ClN3O. The fourth-order valence-corrected chi connectivity index (χ4v) is 3.81. The van der Waals surface area contributed by atoms with Crippen LogP contribution in [0.15, 0.2) is 24.3 Å². The predicted octanol–water partition coefficient (Wildman–Crippen LogP) is 4.01. The number of nitrogens with one attached hydrogen (secondary N) is 1. The summed E-state index contributed by atoms with van der Waals surface area (Å²) in [6.07, 6.45) is 8.28. The predicted molar refractivity (Wildman–Crippen MR) is 111 cm³/mol. The van der Waals surface area contributed by atoms with Crippen LogP contribution in [0.2, 0.25) is 0 Å². The quantitative estimate of drug-likeness (QED) is 0.715. The van der Waals surface area contributed by atoms with E-state index in [4.69, 9.17) is 5.73 Å². The first-order valence-electron chi connectivity index (χ1n) is 9.78. The molecule has 1 aromatic carbocycles. The molecule has 148 valence electrons. The van der Waals surface area contributed by atoms with Crippen LogP contribution in [0, 0.1) is 0 Å². The van der Waals surface area contributed by atoms with Gasteiger partial charge in [0, 0.05) is 19.1 Å². The summed E-state index contributed by atoms with van der Waals surface area (Å²) in [7, 11) is 2.23. The second kappa shape index (κ2) is 10.9. The number of hydrogen-bond acceptors (Lipinski definition) is 3. The molecule has 1 aromatic rings. The van der Waals surface area contributed by atoms with Gasteiger partial charge in [0.15, 0.2) is 0 Å². The third-order valence-electron chi connectivity index (χ3n) is 5.46. The molecule has 26 heavy (non-hydrogen) atoms. The Kier molecular flexibility index (Phi) is 9.62. The Morgan fingerprint density at radius 3 is 2.46 bits per heavy atom. The van der Waals surface area contributed by atoms with E-state index in [0.717, 1.165) is 13.0 Å². The van der Waals surface area contributed by atoms with E-state index in [-0.39, 0.29) is 18.3 Å². The van der Waals surface area contributed by atoms with Crippen molar-refractivity contribution in [1.82, 2.24) is 10.2 Å². The minimum Gasteiger partial charge on any atom is -0.350 e. The fraction of sp³-hybridized carbons (Fsp3) is 0.667. The molecule has 1 fully saturated rings. The number of carbonyl (C=O) groups excluding carboxylic acids is 1. The molecule has 1 atom stereocenters. The largest absolute Gasteiger partial charge is 0.350 e. The average Bonchev–Trinajstić information content (AvgIpc) is 2.61. The highest BCUT2D eigenvalue weighted by Crippen LogP contribution is 2.23. The van der Waals surface area contributed by atoms with Crippen LogP contribution in [0.3, 0.4) is 0 Å². The first-order valence-corrected chi connectivity index (χ1v) is 9.78. The first-order chi connectivity index (χ1) is 11.9. The van der Waals surface area contributed by atoms with Gasteiger partial charge in [0.05, 0.1) is 5.54 Å². The lowest BCUT2D eigenvalue weighted by atomic mass is 9.94. The SMILES string of the molecule is CCCC(C)(N)C(=O)NCc1ccccc1CN(C)C1CCCCC1.Cl. The monoisotopic (exact) mass is 381 g/mol. The molecule has 0 bridgehead atoms. The molecule has 2 rings (SSSR count). The fourth-order valence-electron chi connectivity index (χ4n) is 3.81. The van der Waals surface area contributed by atoms with Crippen molar-refractivity contribution in [2.75, 3.05) is 7.05 Å². The molecule has 0 spiro atoms. The van der Waals surface area contributed by atoms with Gasteiger partial charge in [-0.2, -0.15) is 0 Å². The lowest BCUT2D eigenvalue weighted by Crippen LogP contribution is -2.51. The van der Waals surface area contributed by atoms with Crippen molar-refractivity contribution in [3.8, 4) is 0 Å². The number of amides is 1. The van der Waals surface area contributed by atoms with E-state index in [1.165, 1.54) is 43.2 Å². The molecule has 0 heterocycles. The Morgan fingerprint density at radius 2 is 1.85 bits per heavy atom. The summed E-state index contributed by atoms with van der Waals surface area (Å²) in [5.74, 6) is -0.0650. The summed E-state index contributed by atoms with van der Waals surface area (Å²) in [5, 5.41) is 3.03. The van der Waals surface area contributed by atoms with Crippen LogP contribution in [0.25, 0.3) is 0 Å². The van der Waals surface area contributed by atoms with E-state index >= 15 is 0 Å². The van der Waals surface area contributed by atoms with Gasteiger partial charge in [0.1, 0.15) is 0 Å². The molecule has 5 heteroatoms. The zero-order valence-corrected chi connectivity index (χ0v) is 17.4. The van der Waals surface area contributed by atoms with E-state index in [1.54, 1.807) is 0 Å². The van der Waals surface area contributed by atoms with Crippen LogP contribution in [-0.4, -0.2) is 29.4 Å². The van der Waals surface area contributed by atoms with Gasteiger partial charge in [-0.05, 0) is 44.4 Å². The van der Waals surface area contributed by atoms with Crippen LogP contribution in [0.4, 0.5) is 0 Å². The van der Waals surface area contributed by atoms with Crippen LogP contribution in [0.1, 0.15) is 69.9 Å². The Balaban J connectivity index is 0.00000338. The zero-order chi connectivity index (χ0) is 18.3. The second-order valence-electron chi connectivity index (χ2n) is 7.83. The summed E-state index contributed by atoms with van der Waals surface area (Å²) >= 11 is 0. The van der Waals surface area contributed by atoms with Crippen LogP contribution in [-0.2, 0) is 17.9 Å². The number of hydrogen-bond donors (Lipinski definition) is 2. The van der Waals surface area contributed by atoms with Crippen molar-refractivity contribution >= 4 is 18.3 Å². The van der Waals surface area contributed by atoms with Gasteiger partial charge >= 0.3 is 0 Å². The highest BCUT2D eigenvalue weighted by Gasteiger charge is 2.27. The Bertz CT molecular complexity index is 556. The molecule has 0 saturated heterocycles. The summed E-state index contributed by atoms with van der Waals surface area (Å²) in [5.41, 5.74) is 7.82. The molecule has 1 unspecified atom stereocenters. The maximum absolute atomic E-state index is 12.4. The lowest BCUT2D eigenvalue weighted by Gasteiger charge is -2.31. The molecule has 4 nitrogen and oxygen atoms in total. The highest BCUT2D eigenvalue weighted by molar-refractivity contribution is 5.85. The maximum Gasteiger partial charge on any atom is 0.240 e. The van der Waals surface area contributed by atoms with Crippen molar-refractivity contribution in [3.63, 3.8) is 0 Å². The number of benzene rings is 1. The van der Waals surface area contributed by atoms with Crippen molar-refractivity contribution in [2.45, 2.75) is 83.5 Å². The first kappa shape index (κ1) is 22.9. The summed E-state index contributed by atoms with van der Waals surface area (Å²) in [4.78, 5) is 14.8. The van der Waals surface area contributed by atoms with E-state index < -0.39 is 5.54 Å². The topological polar surface area (TPSA) is 58.4 Å². The van der Waals surface area contributed by atoms with Gasteiger partial charge in [-0.15, -0.1) is 12.4 Å². The van der Waals surface area contributed by atoms with Gasteiger partial charge in [-0.25, -0.2) is 0 Å². The number of nitrogens with zero attached hydrogens (tertiary/aromatic N) is 1. The molecular weight excluding hydrogens is 346 g/mol. The van der Waals surface area contributed by atoms with Crippen LogP contribution < -0.4 is 11.1 Å². The minimum absolute atomic E-state index is 0. The smallest absolute Gasteiger partial charge is 0.240 e. The average molecular weight is 382 g/mol. The second-order valence-corrected chi connectivity index (χ2v) is 7.83. The van der Waals surface area contributed by atoms with Gasteiger partial charge in [-0.1, -0.05) is 56.9 Å². The third kappa shape index (κ3) is 6.57. The maximum atomic E-state index is 12.4.